The molecule has 2 heterocycles. The van der Waals surface area contributed by atoms with Crippen molar-refractivity contribution in [1.29, 1.82) is 0 Å². The number of nitrogens with zero attached hydrogens (tertiary/aromatic N) is 2. The van der Waals surface area contributed by atoms with Crippen molar-refractivity contribution in [2.45, 2.75) is 12.5 Å². The van der Waals surface area contributed by atoms with Crippen LogP contribution in [-0.4, -0.2) is 29.1 Å². The summed E-state index contributed by atoms with van der Waals surface area (Å²) in [6, 6.07) is 1.86. The number of hydrogen-bond donors (Lipinski definition) is 2. The van der Waals surface area contributed by atoms with Crippen LogP contribution in [0.15, 0.2) is 17.2 Å². The highest BCUT2D eigenvalue weighted by atomic mass is 16.1. The summed E-state index contributed by atoms with van der Waals surface area (Å²) in [5.41, 5.74) is 5.43. The molecule has 0 aromatic carbocycles. The minimum absolute atomic E-state index is 0.118. The van der Waals surface area contributed by atoms with Crippen molar-refractivity contribution in [3.63, 3.8) is 0 Å². The fourth-order valence-electron chi connectivity index (χ4n) is 1.50. The van der Waals surface area contributed by atoms with Crippen molar-refractivity contribution in [1.82, 2.24) is 9.97 Å². The van der Waals surface area contributed by atoms with E-state index in [0.29, 0.717) is 12.6 Å². The van der Waals surface area contributed by atoms with Gasteiger partial charge in [0.2, 0.25) is 0 Å². The van der Waals surface area contributed by atoms with Crippen LogP contribution in [0.25, 0.3) is 0 Å². The molecule has 13 heavy (non-hydrogen) atoms. The van der Waals surface area contributed by atoms with Gasteiger partial charge in [0.25, 0.3) is 5.56 Å². The van der Waals surface area contributed by atoms with E-state index in [1.165, 1.54) is 12.4 Å². The highest BCUT2D eigenvalue weighted by molar-refractivity contribution is 5.41. The number of nitrogens with two attached hydrogens (primary N) is 1. The average molecular weight is 180 g/mol. The van der Waals surface area contributed by atoms with E-state index in [1.807, 2.05) is 0 Å². The van der Waals surface area contributed by atoms with Gasteiger partial charge in [-0.2, -0.15) is 0 Å². The monoisotopic (exact) mass is 180 g/mol. The van der Waals surface area contributed by atoms with E-state index < -0.39 is 0 Å². The standard InChI is InChI=1S/C8H12N4O/c9-4-6-1-2-12(6)7-3-8(13)11-5-10-7/h3,5-6H,1-2,4,9H2,(H,10,11,13). The topological polar surface area (TPSA) is 75.0 Å². The van der Waals surface area contributed by atoms with Crippen LogP contribution in [0.4, 0.5) is 5.82 Å². The SMILES string of the molecule is NCC1CCN1c1cc(=O)[nH]cn1. The zero-order chi connectivity index (χ0) is 9.26. The normalized spacial score (nSPS) is 21.3. The molecule has 5 nitrogen and oxygen atoms in total. The van der Waals surface area contributed by atoms with Crippen molar-refractivity contribution < 1.29 is 0 Å². The molecule has 3 N–H and O–H groups in total. The van der Waals surface area contributed by atoms with Crippen molar-refractivity contribution in [3.8, 4) is 0 Å². The quantitative estimate of drug-likeness (QED) is 0.631. The van der Waals surface area contributed by atoms with Crippen LogP contribution in [0.3, 0.4) is 0 Å². The number of aromatic amines is 1. The lowest BCUT2D eigenvalue weighted by Gasteiger charge is -2.41. The van der Waals surface area contributed by atoms with Gasteiger partial charge in [-0.15, -0.1) is 0 Å². The van der Waals surface area contributed by atoms with Crippen LogP contribution in [0.2, 0.25) is 0 Å². The Morgan fingerprint density at radius 1 is 1.77 bits per heavy atom. The number of aromatic nitrogens is 2. The summed E-state index contributed by atoms with van der Waals surface area (Å²) in [5, 5.41) is 0. The van der Waals surface area contributed by atoms with Gasteiger partial charge in [-0.25, -0.2) is 4.98 Å². The summed E-state index contributed by atoms with van der Waals surface area (Å²) in [6.07, 6.45) is 2.51. The molecule has 1 aromatic rings. The molecule has 0 radical (unpaired) electrons. The van der Waals surface area contributed by atoms with Crippen molar-refractivity contribution in [2.24, 2.45) is 5.73 Å². The molecule has 1 aliphatic rings. The van der Waals surface area contributed by atoms with E-state index in [9.17, 15) is 4.79 Å². The molecule has 0 bridgehead atoms. The molecule has 1 atom stereocenters. The summed E-state index contributed by atoms with van der Waals surface area (Å²) in [5.74, 6) is 0.727. The van der Waals surface area contributed by atoms with Gasteiger partial charge in [0.05, 0.1) is 6.33 Å². The average Bonchev–Trinajstić information content (AvgIpc) is 2.03. The highest BCUT2D eigenvalue weighted by Gasteiger charge is 2.27. The predicted molar refractivity (Wildman–Crippen MR) is 49.7 cm³/mol. The third-order valence-corrected chi connectivity index (χ3v) is 2.37. The van der Waals surface area contributed by atoms with E-state index in [1.54, 1.807) is 0 Å². The molecular formula is C8H12N4O. The van der Waals surface area contributed by atoms with Crippen LogP contribution >= 0.6 is 0 Å². The molecular weight excluding hydrogens is 168 g/mol. The highest BCUT2D eigenvalue weighted by Crippen LogP contribution is 2.21. The van der Waals surface area contributed by atoms with Crippen LogP contribution in [0.5, 0.6) is 0 Å². The first-order valence-corrected chi connectivity index (χ1v) is 4.32. The third-order valence-electron chi connectivity index (χ3n) is 2.37. The van der Waals surface area contributed by atoms with E-state index in [-0.39, 0.29) is 5.56 Å². The minimum Gasteiger partial charge on any atom is -0.352 e. The second kappa shape index (κ2) is 3.18. The van der Waals surface area contributed by atoms with E-state index in [0.717, 1.165) is 18.8 Å². The number of anilines is 1. The minimum atomic E-state index is -0.118. The molecule has 1 aromatic heterocycles. The first kappa shape index (κ1) is 8.25. The van der Waals surface area contributed by atoms with Gasteiger partial charge >= 0.3 is 0 Å². The Kier molecular flexibility index (Phi) is 2.02. The Hall–Kier alpha value is -1.36. The lowest BCUT2D eigenvalue weighted by atomic mass is 10.0. The van der Waals surface area contributed by atoms with Gasteiger partial charge in [-0.3, -0.25) is 4.79 Å². The summed E-state index contributed by atoms with van der Waals surface area (Å²) in [4.78, 5) is 19.6. The maximum atomic E-state index is 11.0. The molecule has 1 unspecified atom stereocenters. The summed E-state index contributed by atoms with van der Waals surface area (Å²) in [7, 11) is 0. The number of nitrogens with one attached hydrogen (secondary N) is 1. The molecule has 0 amide bonds. The predicted octanol–water partition coefficient (Wildman–Crippen LogP) is -0.693. The molecule has 1 fully saturated rings. The Bertz CT molecular complexity index is 346. The van der Waals surface area contributed by atoms with Crippen LogP contribution < -0.4 is 16.2 Å². The molecule has 0 spiro atoms. The van der Waals surface area contributed by atoms with Gasteiger partial charge < -0.3 is 15.6 Å². The number of hydrogen-bond acceptors (Lipinski definition) is 4. The zero-order valence-corrected chi connectivity index (χ0v) is 7.23. The van der Waals surface area contributed by atoms with Gasteiger partial charge in [0.1, 0.15) is 5.82 Å². The fourth-order valence-corrected chi connectivity index (χ4v) is 1.50. The summed E-state index contributed by atoms with van der Waals surface area (Å²) >= 11 is 0. The molecule has 2 rings (SSSR count). The van der Waals surface area contributed by atoms with Crippen LogP contribution in [0, 0.1) is 0 Å². The maximum absolute atomic E-state index is 11.0. The Morgan fingerprint density at radius 3 is 3.15 bits per heavy atom. The van der Waals surface area contributed by atoms with Crippen LogP contribution in [-0.2, 0) is 0 Å². The van der Waals surface area contributed by atoms with Crippen molar-refractivity contribution >= 4 is 5.82 Å². The van der Waals surface area contributed by atoms with Crippen LogP contribution in [0.1, 0.15) is 6.42 Å². The number of H-pyrrole nitrogens is 1. The summed E-state index contributed by atoms with van der Waals surface area (Å²) < 4.78 is 0. The smallest absolute Gasteiger partial charge is 0.252 e. The third kappa shape index (κ3) is 1.42. The zero-order valence-electron chi connectivity index (χ0n) is 7.23. The first-order chi connectivity index (χ1) is 6.31. The van der Waals surface area contributed by atoms with Gasteiger partial charge in [0, 0.05) is 25.2 Å². The molecule has 1 aliphatic heterocycles. The molecule has 0 saturated carbocycles. The Labute approximate surface area is 75.6 Å². The Balaban J connectivity index is 2.21. The van der Waals surface area contributed by atoms with Crippen molar-refractivity contribution in [3.05, 3.63) is 22.7 Å². The molecule has 70 valence electrons. The second-order valence-corrected chi connectivity index (χ2v) is 3.14. The molecule has 0 aliphatic carbocycles. The van der Waals surface area contributed by atoms with E-state index >= 15 is 0 Å². The van der Waals surface area contributed by atoms with Gasteiger partial charge in [-0.1, -0.05) is 0 Å². The fraction of sp³-hybridized carbons (Fsp3) is 0.500. The molecule has 5 heteroatoms. The van der Waals surface area contributed by atoms with Gasteiger partial charge in [-0.05, 0) is 6.42 Å². The van der Waals surface area contributed by atoms with Crippen molar-refractivity contribution in [2.75, 3.05) is 18.0 Å². The van der Waals surface area contributed by atoms with E-state index in [4.69, 9.17) is 5.73 Å². The first-order valence-electron chi connectivity index (χ1n) is 4.32. The van der Waals surface area contributed by atoms with Gasteiger partial charge in [0.15, 0.2) is 0 Å². The van der Waals surface area contributed by atoms with E-state index in [2.05, 4.69) is 14.9 Å². The largest absolute Gasteiger partial charge is 0.352 e. The lowest BCUT2D eigenvalue weighted by Crippen LogP contribution is -2.52. The number of rotatable bonds is 2. The maximum Gasteiger partial charge on any atom is 0.252 e. The molecule has 1 saturated heterocycles. The summed E-state index contributed by atoms with van der Waals surface area (Å²) in [6.45, 7) is 1.56. The second-order valence-electron chi connectivity index (χ2n) is 3.14. The lowest BCUT2D eigenvalue weighted by molar-refractivity contribution is 0.451. The Morgan fingerprint density at radius 2 is 2.62 bits per heavy atom.